The van der Waals surface area contributed by atoms with Gasteiger partial charge >= 0.3 is 6.03 Å². The van der Waals surface area contributed by atoms with Gasteiger partial charge in [-0.3, -0.25) is 4.90 Å². The minimum atomic E-state index is 0.00673. The number of carbonyl (C=O) groups excluding carboxylic acids is 1. The largest absolute Gasteiger partial charge is 0.385 e. The highest BCUT2D eigenvalue weighted by Gasteiger charge is 2.21. The third-order valence-corrected chi connectivity index (χ3v) is 5.32. The first-order chi connectivity index (χ1) is 12.8. The summed E-state index contributed by atoms with van der Waals surface area (Å²) in [6.07, 6.45) is 4.93. The highest BCUT2D eigenvalue weighted by Crippen LogP contribution is 2.22. The summed E-state index contributed by atoms with van der Waals surface area (Å²) in [6, 6.07) is 8.28. The van der Waals surface area contributed by atoms with E-state index in [-0.39, 0.29) is 6.03 Å². The summed E-state index contributed by atoms with van der Waals surface area (Å²) in [4.78, 5) is 19.2. The molecule has 2 aliphatic rings. The first-order valence-electron chi connectivity index (χ1n) is 9.88. The normalized spacial score (nSPS) is 18.8. The van der Waals surface area contributed by atoms with Crippen molar-refractivity contribution in [2.45, 2.75) is 25.7 Å². The highest BCUT2D eigenvalue weighted by atomic mass is 16.5. The minimum Gasteiger partial charge on any atom is -0.385 e. The van der Waals surface area contributed by atoms with Crippen LogP contribution < -0.4 is 10.2 Å². The standard InChI is InChI=1S/C20H32N4O2/c1-26-17-5-10-22-13-15-24(16-14-22)20(25)21-18-6-8-19(9-7-18)23-11-3-2-4-12-23/h6-9H,2-5,10-17H2,1H3,(H,21,25). The predicted octanol–water partition coefficient (Wildman–Crippen LogP) is 2.86. The lowest BCUT2D eigenvalue weighted by atomic mass is 10.1. The topological polar surface area (TPSA) is 48.1 Å². The summed E-state index contributed by atoms with van der Waals surface area (Å²) in [5.41, 5.74) is 2.13. The van der Waals surface area contributed by atoms with E-state index in [4.69, 9.17) is 4.74 Å². The van der Waals surface area contributed by atoms with E-state index in [0.717, 1.165) is 64.5 Å². The average molecular weight is 361 g/mol. The molecule has 1 N–H and O–H groups in total. The molecular formula is C20H32N4O2. The number of amides is 2. The zero-order valence-electron chi connectivity index (χ0n) is 16.0. The van der Waals surface area contributed by atoms with E-state index in [1.807, 2.05) is 17.0 Å². The summed E-state index contributed by atoms with van der Waals surface area (Å²) in [6.45, 7) is 7.56. The number of hydrogen-bond donors (Lipinski definition) is 1. The molecule has 2 saturated heterocycles. The number of carbonyl (C=O) groups is 1. The maximum absolute atomic E-state index is 12.5. The molecule has 2 amide bonds. The van der Waals surface area contributed by atoms with Gasteiger partial charge in [-0.1, -0.05) is 0 Å². The van der Waals surface area contributed by atoms with Gasteiger partial charge in [-0.25, -0.2) is 4.79 Å². The van der Waals surface area contributed by atoms with Gasteiger partial charge in [0.25, 0.3) is 0 Å². The zero-order valence-corrected chi connectivity index (χ0v) is 16.0. The average Bonchev–Trinajstić information content (AvgIpc) is 2.70. The molecule has 2 aliphatic heterocycles. The van der Waals surface area contributed by atoms with Crippen LogP contribution in [-0.2, 0) is 4.74 Å². The van der Waals surface area contributed by atoms with Crippen LogP contribution in [0.15, 0.2) is 24.3 Å². The van der Waals surface area contributed by atoms with Crippen molar-refractivity contribution in [3.05, 3.63) is 24.3 Å². The van der Waals surface area contributed by atoms with Gasteiger partial charge in [0, 0.05) is 70.9 Å². The lowest BCUT2D eigenvalue weighted by molar-refractivity contribution is 0.130. The summed E-state index contributed by atoms with van der Waals surface area (Å²) in [5.74, 6) is 0. The van der Waals surface area contributed by atoms with Gasteiger partial charge < -0.3 is 19.9 Å². The van der Waals surface area contributed by atoms with E-state index in [0.29, 0.717) is 0 Å². The fourth-order valence-corrected chi connectivity index (χ4v) is 3.72. The Bertz CT molecular complexity index is 549. The third kappa shape index (κ3) is 5.35. The van der Waals surface area contributed by atoms with Crippen molar-refractivity contribution in [1.29, 1.82) is 0 Å². The molecule has 1 aromatic carbocycles. The number of anilines is 2. The second-order valence-electron chi connectivity index (χ2n) is 7.20. The molecule has 2 heterocycles. The molecule has 2 fully saturated rings. The Labute approximate surface area is 157 Å². The van der Waals surface area contributed by atoms with E-state index < -0.39 is 0 Å². The van der Waals surface area contributed by atoms with Gasteiger partial charge in [-0.2, -0.15) is 0 Å². The Morgan fingerprint density at radius 3 is 2.35 bits per heavy atom. The van der Waals surface area contributed by atoms with Gasteiger partial charge in [0.05, 0.1) is 0 Å². The minimum absolute atomic E-state index is 0.00673. The van der Waals surface area contributed by atoms with Gasteiger partial charge in [0.2, 0.25) is 0 Å². The van der Waals surface area contributed by atoms with Crippen LogP contribution in [-0.4, -0.2) is 75.4 Å². The number of nitrogens with one attached hydrogen (secondary N) is 1. The SMILES string of the molecule is COCCCN1CCN(C(=O)Nc2ccc(N3CCCCC3)cc2)CC1. The monoisotopic (exact) mass is 360 g/mol. The van der Waals surface area contributed by atoms with Crippen molar-refractivity contribution < 1.29 is 9.53 Å². The van der Waals surface area contributed by atoms with Crippen molar-refractivity contribution in [3.8, 4) is 0 Å². The molecule has 0 aliphatic carbocycles. The summed E-state index contributed by atoms with van der Waals surface area (Å²) in [5, 5.41) is 3.04. The molecule has 0 bridgehead atoms. The van der Waals surface area contributed by atoms with E-state index in [1.54, 1.807) is 7.11 Å². The van der Waals surface area contributed by atoms with Crippen molar-refractivity contribution in [3.63, 3.8) is 0 Å². The molecule has 0 saturated carbocycles. The molecule has 26 heavy (non-hydrogen) atoms. The molecule has 144 valence electrons. The maximum Gasteiger partial charge on any atom is 0.321 e. The number of piperazine rings is 1. The van der Waals surface area contributed by atoms with E-state index in [1.165, 1.54) is 24.9 Å². The number of nitrogens with zero attached hydrogens (tertiary/aromatic N) is 3. The van der Waals surface area contributed by atoms with Gasteiger partial charge in [-0.05, 0) is 49.9 Å². The molecule has 0 atom stereocenters. The van der Waals surface area contributed by atoms with Crippen LogP contribution in [0.3, 0.4) is 0 Å². The number of benzene rings is 1. The molecular weight excluding hydrogens is 328 g/mol. The maximum atomic E-state index is 12.5. The lowest BCUT2D eigenvalue weighted by Crippen LogP contribution is -2.50. The molecule has 6 nitrogen and oxygen atoms in total. The van der Waals surface area contributed by atoms with Crippen LogP contribution in [0.1, 0.15) is 25.7 Å². The van der Waals surface area contributed by atoms with Crippen molar-refractivity contribution >= 4 is 17.4 Å². The highest BCUT2D eigenvalue weighted by molar-refractivity contribution is 5.89. The Morgan fingerprint density at radius 1 is 1.00 bits per heavy atom. The van der Waals surface area contributed by atoms with Crippen LogP contribution in [0.5, 0.6) is 0 Å². The van der Waals surface area contributed by atoms with Crippen molar-refractivity contribution in [1.82, 2.24) is 9.80 Å². The number of piperidine rings is 1. The molecule has 0 unspecified atom stereocenters. The fourth-order valence-electron chi connectivity index (χ4n) is 3.72. The molecule has 1 aromatic rings. The summed E-state index contributed by atoms with van der Waals surface area (Å²) in [7, 11) is 1.74. The quantitative estimate of drug-likeness (QED) is 0.793. The Kier molecular flexibility index (Phi) is 7.14. The van der Waals surface area contributed by atoms with Crippen LogP contribution in [0.25, 0.3) is 0 Å². The number of ether oxygens (including phenoxy) is 1. The fraction of sp³-hybridized carbons (Fsp3) is 0.650. The van der Waals surface area contributed by atoms with Crippen molar-refractivity contribution in [2.75, 3.05) is 69.7 Å². The smallest absolute Gasteiger partial charge is 0.321 e. The second kappa shape index (κ2) is 9.78. The van der Waals surface area contributed by atoms with Gasteiger partial charge in [0.1, 0.15) is 0 Å². The molecule has 0 radical (unpaired) electrons. The second-order valence-corrected chi connectivity index (χ2v) is 7.20. The number of methoxy groups -OCH3 is 1. The van der Waals surface area contributed by atoms with Crippen LogP contribution in [0.4, 0.5) is 16.2 Å². The summed E-state index contributed by atoms with van der Waals surface area (Å²) >= 11 is 0. The van der Waals surface area contributed by atoms with Gasteiger partial charge in [-0.15, -0.1) is 0 Å². The predicted molar refractivity (Wildman–Crippen MR) is 106 cm³/mol. The van der Waals surface area contributed by atoms with Crippen LogP contribution >= 0.6 is 0 Å². The number of rotatable bonds is 6. The van der Waals surface area contributed by atoms with E-state index in [9.17, 15) is 4.79 Å². The number of urea groups is 1. The molecule has 0 aromatic heterocycles. The first-order valence-corrected chi connectivity index (χ1v) is 9.88. The van der Waals surface area contributed by atoms with Crippen LogP contribution in [0.2, 0.25) is 0 Å². The van der Waals surface area contributed by atoms with Crippen LogP contribution in [0, 0.1) is 0 Å². The molecule has 3 rings (SSSR count). The first kappa shape index (κ1) is 19.0. The van der Waals surface area contributed by atoms with E-state index >= 15 is 0 Å². The Balaban J connectivity index is 1.43. The molecule has 6 heteroatoms. The third-order valence-electron chi connectivity index (χ3n) is 5.32. The summed E-state index contributed by atoms with van der Waals surface area (Å²) < 4.78 is 5.10. The van der Waals surface area contributed by atoms with E-state index in [2.05, 4.69) is 27.2 Å². The lowest BCUT2D eigenvalue weighted by Gasteiger charge is -2.34. The zero-order chi connectivity index (χ0) is 18.2. The van der Waals surface area contributed by atoms with Crippen molar-refractivity contribution in [2.24, 2.45) is 0 Å². The Morgan fingerprint density at radius 2 is 1.69 bits per heavy atom. The van der Waals surface area contributed by atoms with Gasteiger partial charge in [0.15, 0.2) is 0 Å². The number of hydrogen-bond acceptors (Lipinski definition) is 4. The Hall–Kier alpha value is -1.79. The molecule has 0 spiro atoms.